The molecule has 3 heterocycles. The van der Waals surface area contributed by atoms with Crippen LogP contribution in [-0.2, 0) is 11.2 Å². The van der Waals surface area contributed by atoms with E-state index in [1.807, 2.05) is 11.8 Å². The number of likely N-dealkylation sites (N-methyl/N-ethyl adjacent to an activating group) is 1. The predicted molar refractivity (Wildman–Crippen MR) is 148 cm³/mol. The minimum atomic E-state index is 0.108. The number of ether oxygens (including phenoxy) is 1. The minimum Gasteiger partial charge on any atom is -0.492 e. The molecular weight excluding hydrogens is 452 g/mol. The Balaban J connectivity index is 1.26. The van der Waals surface area contributed by atoms with Crippen LogP contribution < -0.4 is 30.5 Å². The number of anilines is 4. The number of piperazine rings is 1. The molecule has 36 heavy (non-hydrogen) atoms. The number of hydrogen-bond acceptors (Lipinski definition) is 7. The van der Waals surface area contributed by atoms with Crippen LogP contribution in [0.25, 0.3) is 0 Å². The number of nitrogens with one attached hydrogen (secondary N) is 3. The van der Waals surface area contributed by atoms with E-state index in [1.54, 1.807) is 6.92 Å². The van der Waals surface area contributed by atoms with E-state index in [-0.39, 0.29) is 12.1 Å². The van der Waals surface area contributed by atoms with Gasteiger partial charge < -0.3 is 30.1 Å². The molecular formula is C28H40N6O2. The maximum atomic E-state index is 12.2. The molecule has 0 spiro atoms. The van der Waals surface area contributed by atoms with E-state index in [4.69, 9.17) is 4.74 Å². The summed E-state index contributed by atoms with van der Waals surface area (Å²) in [6.45, 7) is 10.3. The molecule has 194 valence electrons. The van der Waals surface area contributed by atoms with Crippen LogP contribution in [0.15, 0.2) is 36.4 Å². The SMILES string of the molecule is CCOc1cc(N2CCN(C)CC2)ccc1NC1CC(Nc2cccc3c2N(C(C)=O)CC3)CCN1. The Hall–Kier alpha value is -2.97. The maximum Gasteiger partial charge on any atom is 0.223 e. The molecule has 8 heteroatoms. The van der Waals surface area contributed by atoms with E-state index < -0.39 is 0 Å². The highest BCUT2D eigenvalue weighted by molar-refractivity contribution is 5.98. The smallest absolute Gasteiger partial charge is 0.223 e. The zero-order valence-corrected chi connectivity index (χ0v) is 21.8. The van der Waals surface area contributed by atoms with Crippen molar-refractivity contribution in [2.75, 3.05) is 73.4 Å². The number of carbonyl (C=O) groups is 1. The van der Waals surface area contributed by atoms with Crippen LogP contribution in [0.5, 0.6) is 5.75 Å². The minimum absolute atomic E-state index is 0.108. The first kappa shape index (κ1) is 24.7. The molecule has 2 atom stereocenters. The number of nitrogens with zero attached hydrogens (tertiary/aromatic N) is 3. The lowest BCUT2D eigenvalue weighted by atomic mass is 10.0. The molecule has 0 aromatic heterocycles. The Kier molecular flexibility index (Phi) is 7.53. The Morgan fingerprint density at radius 1 is 1.08 bits per heavy atom. The van der Waals surface area contributed by atoms with Crippen molar-refractivity contribution in [1.29, 1.82) is 0 Å². The second-order valence-electron chi connectivity index (χ2n) is 10.2. The summed E-state index contributed by atoms with van der Waals surface area (Å²) in [5.74, 6) is 1.01. The number of para-hydroxylation sites is 1. The lowest BCUT2D eigenvalue weighted by Crippen LogP contribution is -2.47. The molecule has 2 saturated heterocycles. The molecule has 5 rings (SSSR count). The van der Waals surface area contributed by atoms with Gasteiger partial charge >= 0.3 is 0 Å². The predicted octanol–water partition coefficient (Wildman–Crippen LogP) is 3.35. The quantitative estimate of drug-likeness (QED) is 0.548. The molecule has 3 aliphatic heterocycles. The van der Waals surface area contributed by atoms with Crippen LogP contribution in [0.2, 0.25) is 0 Å². The van der Waals surface area contributed by atoms with Gasteiger partial charge in [-0.2, -0.15) is 0 Å². The number of amides is 1. The summed E-state index contributed by atoms with van der Waals surface area (Å²) in [6, 6.07) is 13.2. The van der Waals surface area contributed by atoms with E-state index in [1.165, 1.54) is 11.3 Å². The molecule has 2 aromatic carbocycles. The number of carbonyl (C=O) groups excluding carboxylic acids is 1. The molecule has 3 aliphatic rings. The standard InChI is InChI=1S/C28H40N6O2/c1-4-36-26-19-23(33-16-14-32(3)15-17-33)8-9-24(26)31-27-18-22(10-12-29-27)30-25-7-5-6-21-11-13-34(20(2)35)28(21)25/h5-9,19,22,27,29-31H,4,10-18H2,1-3H3. The van der Waals surface area contributed by atoms with Crippen molar-refractivity contribution in [2.45, 2.75) is 45.3 Å². The highest BCUT2D eigenvalue weighted by Crippen LogP contribution is 2.37. The number of rotatable bonds is 7. The van der Waals surface area contributed by atoms with Gasteiger partial charge in [-0.05, 0) is 57.1 Å². The fourth-order valence-corrected chi connectivity index (χ4v) is 5.62. The fraction of sp³-hybridized carbons (Fsp3) is 0.536. The molecule has 2 aromatic rings. The van der Waals surface area contributed by atoms with Gasteiger partial charge in [0.25, 0.3) is 0 Å². The van der Waals surface area contributed by atoms with E-state index >= 15 is 0 Å². The molecule has 0 aliphatic carbocycles. The van der Waals surface area contributed by atoms with Crippen molar-refractivity contribution >= 4 is 28.7 Å². The summed E-state index contributed by atoms with van der Waals surface area (Å²) in [7, 11) is 2.18. The normalized spacial score (nSPS) is 22.3. The van der Waals surface area contributed by atoms with Gasteiger partial charge in [-0.3, -0.25) is 10.1 Å². The Bertz CT molecular complexity index is 1070. The van der Waals surface area contributed by atoms with Gasteiger partial charge in [-0.1, -0.05) is 12.1 Å². The maximum absolute atomic E-state index is 12.2. The van der Waals surface area contributed by atoms with Crippen molar-refractivity contribution in [2.24, 2.45) is 0 Å². The highest BCUT2D eigenvalue weighted by Gasteiger charge is 2.28. The first-order valence-corrected chi connectivity index (χ1v) is 13.4. The van der Waals surface area contributed by atoms with E-state index in [0.29, 0.717) is 12.6 Å². The van der Waals surface area contributed by atoms with Gasteiger partial charge in [0.05, 0.1) is 29.8 Å². The van der Waals surface area contributed by atoms with Crippen LogP contribution in [0.1, 0.15) is 32.3 Å². The third-order valence-corrected chi connectivity index (χ3v) is 7.60. The summed E-state index contributed by atoms with van der Waals surface area (Å²) in [6.07, 6.45) is 3.01. The first-order valence-electron chi connectivity index (χ1n) is 13.4. The van der Waals surface area contributed by atoms with E-state index in [0.717, 1.165) is 81.3 Å². The monoisotopic (exact) mass is 492 g/mol. The molecule has 2 fully saturated rings. The molecule has 0 saturated carbocycles. The largest absolute Gasteiger partial charge is 0.492 e. The third kappa shape index (κ3) is 5.39. The fourth-order valence-electron chi connectivity index (χ4n) is 5.62. The molecule has 0 radical (unpaired) electrons. The Labute approximate surface area is 215 Å². The second-order valence-corrected chi connectivity index (χ2v) is 10.2. The third-order valence-electron chi connectivity index (χ3n) is 7.60. The number of fused-ring (bicyclic) bond motifs is 1. The number of benzene rings is 2. The summed E-state index contributed by atoms with van der Waals surface area (Å²) in [4.78, 5) is 18.9. The van der Waals surface area contributed by atoms with Crippen LogP contribution in [0.4, 0.5) is 22.7 Å². The van der Waals surface area contributed by atoms with Gasteiger partial charge in [-0.25, -0.2) is 0 Å². The van der Waals surface area contributed by atoms with Crippen molar-refractivity contribution in [1.82, 2.24) is 10.2 Å². The van der Waals surface area contributed by atoms with E-state index in [9.17, 15) is 4.79 Å². The lowest BCUT2D eigenvalue weighted by Gasteiger charge is -2.35. The van der Waals surface area contributed by atoms with Crippen LogP contribution in [0, 0.1) is 0 Å². The first-order chi connectivity index (χ1) is 17.5. The van der Waals surface area contributed by atoms with Crippen LogP contribution in [0.3, 0.4) is 0 Å². The Morgan fingerprint density at radius 2 is 1.92 bits per heavy atom. The molecule has 1 amide bonds. The molecule has 2 unspecified atom stereocenters. The van der Waals surface area contributed by atoms with E-state index in [2.05, 4.69) is 69.2 Å². The zero-order chi connectivity index (χ0) is 25.1. The average molecular weight is 493 g/mol. The summed E-state index contributed by atoms with van der Waals surface area (Å²) in [5.41, 5.74) is 5.63. The highest BCUT2D eigenvalue weighted by atomic mass is 16.5. The average Bonchev–Trinajstić information content (AvgIpc) is 3.32. The zero-order valence-electron chi connectivity index (χ0n) is 21.8. The molecule has 3 N–H and O–H groups in total. The number of piperidine rings is 1. The van der Waals surface area contributed by atoms with Crippen LogP contribution >= 0.6 is 0 Å². The van der Waals surface area contributed by atoms with Crippen molar-refractivity contribution in [3.05, 3.63) is 42.0 Å². The van der Waals surface area contributed by atoms with Gasteiger partial charge in [-0.15, -0.1) is 0 Å². The Morgan fingerprint density at radius 3 is 2.69 bits per heavy atom. The van der Waals surface area contributed by atoms with Gasteiger partial charge in [0.2, 0.25) is 5.91 Å². The van der Waals surface area contributed by atoms with Crippen molar-refractivity contribution < 1.29 is 9.53 Å². The molecule has 8 nitrogen and oxygen atoms in total. The van der Waals surface area contributed by atoms with Gasteiger partial charge in [0, 0.05) is 63.9 Å². The second kappa shape index (κ2) is 11.0. The molecule has 0 bridgehead atoms. The summed E-state index contributed by atoms with van der Waals surface area (Å²) in [5, 5.41) is 11.1. The van der Waals surface area contributed by atoms with Crippen molar-refractivity contribution in [3.8, 4) is 5.75 Å². The van der Waals surface area contributed by atoms with Crippen molar-refractivity contribution in [3.63, 3.8) is 0 Å². The summed E-state index contributed by atoms with van der Waals surface area (Å²) < 4.78 is 6.06. The topological polar surface area (TPSA) is 72.1 Å². The van der Waals surface area contributed by atoms with Gasteiger partial charge in [0.15, 0.2) is 0 Å². The number of hydrogen-bond donors (Lipinski definition) is 3. The summed E-state index contributed by atoms with van der Waals surface area (Å²) >= 11 is 0. The van der Waals surface area contributed by atoms with Crippen LogP contribution in [-0.4, -0.2) is 75.9 Å². The lowest BCUT2D eigenvalue weighted by molar-refractivity contribution is -0.116. The van der Waals surface area contributed by atoms with Gasteiger partial charge in [0.1, 0.15) is 5.75 Å².